The van der Waals surface area contributed by atoms with E-state index in [1.807, 2.05) is 0 Å². The molecule has 0 aromatic rings. The highest BCUT2D eigenvalue weighted by molar-refractivity contribution is 4.66. The standard InChI is InChI=1S/C12H31N5/c1-6-13-7-8-14-9-10-15-11-12(16(2)3)17(4)5/h12-15H,6-11H2,1-5H3. The van der Waals surface area contributed by atoms with Gasteiger partial charge in [-0.05, 0) is 34.7 Å². The average molecular weight is 245 g/mol. The van der Waals surface area contributed by atoms with Crippen LogP contribution in [0.4, 0.5) is 0 Å². The van der Waals surface area contributed by atoms with E-state index in [4.69, 9.17) is 0 Å². The smallest absolute Gasteiger partial charge is 0.0741 e. The van der Waals surface area contributed by atoms with Gasteiger partial charge in [-0.3, -0.25) is 9.80 Å². The van der Waals surface area contributed by atoms with Gasteiger partial charge >= 0.3 is 0 Å². The van der Waals surface area contributed by atoms with Crippen molar-refractivity contribution in [1.29, 1.82) is 0 Å². The Kier molecular flexibility index (Phi) is 10.8. The van der Waals surface area contributed by atoms with Gasteiger partial charge in [0.2, 0.25) is 0 Å². The molecule has 0 heterocycles. The first-order chi connectivity index (χ1) is 8.09. The molecule has 0 rings (SSSR count). The summed E-state index contributed by atoms with van der Waals surface area (Å²) < 4.78 is 0. The quantitative estimate of drug-likeness (QED) is 0.329. The van der Waals surface area contributed by atoms with Crippen LogP contribution in [0.5, 0.6) is 0 Å². The van der Waals surface area contributed by atoms with Crippen LogP contribution in [-0.2, 0) is 0 Å². The van der Waals surface area contributed by atoms with Gasteiger partial charge in [-0.25, -0.2) is 0 Å². The van der Waals surface area contributed by atoms with E-state index in [0.717, 1.165) is 39.3 Å². The van der Waals surface area contributed by atoms with Crippen LogP contribution in [0.2, 0.25) is 0 Å². The first kappa shape index (κ1) is 16.8. The summed E-state index contributed by atoms with van der Waals surface area (Å²) in [7, 11) is 8.45. The van der Waals surface area contributed by atoms with Gasteiger partial charge in [0.15, 0.2) is 0 Å². The molecule has 3 N–H and O–H groups in total. The van der Waals surface area contributed by atoms with Crippen LogP contribution >= 0.6 is 0 Å². The highest BCUT2D eigenvalue weighted by Crippen LogP contribution is 1.94. The first-order valence-electron chi connectivity index (χ1n) is 6.54. The molecule has 5 nitrogen and oxygen atoms in total. The molecular weight excluding hydrogens is 214 g/mol. The molecule has 0 aliphatic rings. The maximum Gasteiger partial charge on any atom is 0.0741 e. The molecule has 0 fully saturated rings. The van der Waals surface area contributed by atoms with Gasteiger partial charge in [0.25, 0.3) is 0 Å². The summed E-state index contributed by atoms with van der Waals surface area (Å²) >= 11 is 0. The highest BCUT2D eigenvalue weighted by atomic mass is 15.3. The Morgan fingerprint density at radius 1 is 0.765 bits per heavy atom. The maximum atomic E-state index is 3.47. The number of nitrogens with one attached hydrogen (secondary N) is 3. The third-order valence-electron chi connectivity index (χ3n) is 2.73. The number of nitrogens with zero attached hydrogens (tertiary/aromatic N) is 2. The van der Waals surface area contributed by atoms with E-state index in [1.165, 1.54) is 0 Å². The minimum Gasteiger partial charge on any atom is -0.316 e. The van der Waals surface area contributed by atoms with Gasteiger partial charge in [0.1, 0.15) is 0 Å². The van der Waals surface area contributed by atoms with E-state index in [1.54, 1.807) is 0 Å². The minimum absolute atomic E-state index is 0.455. The summed E-state index contributed by atoms with van der Waals surface area (Å²) in [5, 5.41) is 10.2. The maximum absolute atomic E-state index is 3.47. The van der Waals surface area contributed by atoms with Crippen LogP contribution < -0.4 is 16.0 Å². The van der Waals surface area contributed by atoms with Crippen LogP contribution in [0.1, 0.15) is 6.92 Å². The Morgan fingerprint density at radius 3 is 1.71 bits per heavy atom. The Balaban J connectivity index is 3.37. The lowest BCUT2D eigenvalue weighted by Gasteiger charge is -2.30. The predicted octanol–water partition coefficient (Wildman–Crippen LogP) is -0.776. The van der Waals surface area contributed by atoms with Crippen molar-refractivity contribution in [3.05, 3.63) is 0 Å². The number of hydrogen-bond acceptors (Lipinski definition) is 5. The summed E-state index contributed by atoms with van der Waals surface area (Å²) in [4.78, 5) is 4.46. The number of hydrogen-bond donors (Lipinski definition) is 3. The van der Waals surface area contributed by atoms with Crippen molar-refractivity contribution in [3.8, 4) is 0 Å². The predicted molar refractivity (Wildman–Crippen MR) is 75.4 cm³/mol. The van der Waals surface area contributed by atoms with Crippen molar-refractivity contribution in [2.24, 2.45) is 0 Å². The van der Waals surface area contributed by atoms with E-state index in [2.05, 4.69) is 60.9 Å². The Bertz CT molecular complexity index is 153. The molecule has 0 aromatic heterocycles. The topological polar surface area (TPSA) is 42.6 Å². The van der Waals surface area contributed by atoms with Crippen molar-refractivity contribution in [2.75, 3.05) is 67.5 Å². The summed E-state index contributed by atoms with van der Waals surface area (Å²) in [6.45, 7) is 8.31. The summed E-state index contributed by atoms with van der Waals surface area (Å²) in [5.74, 6) is 0. The second-order valence-electron chi connectivity index (χ2n) is 4.72. The van der Waals surface area contributed by atoms with Crippen LogP contribution in [0.3, 0.4) is 0 Å². The average Bonchev–Trinajstić information content (AvgIpc) is 2.26. The summed E-state index contributed by atoms with van der Waals surface area (Å²) in [6.07, 6.45) is 0.455. The number of rotatable bonds is 11. The molecule has 0 spiro atoms. The second kappa shape index (κ2) is 10.9. The zero-order valence-corrected chi connectivity index (χ0v) is 12.2. The van der Waals surface area contributed by atoms with Crippen molar-refractivity contribution in [3.63, 3.8) is 0 Å². The van der Waals surface area contributed by atoms with Gasteiger partial charge in [-0.15, -0.1) is 0 Å². The van der Waals surface area contributed by atoms with E-state index in [-0.39, 0.29) is 0 Å². The van der Waals surface area contributed by atoms with Gasteiger partial charge in [0.05, 0.1) is 6.17 Å². The fourth-order valence-corrected chi connectivity index (χ4v) is 1.71. The summed E-state index contributed by atoms with van der Waals surface area (Å²) in [6, 6.07) is 0. The van der Waals surface area contributed by atoms with Crippen molar-refractivity contribution in [2.45, 2.75) is 13.1 Å². The molecule has 17 heavy (non-hydrogen) atoms. The molecule has 0 atom stereocenters. The van der Waals surface area contributed by atoms with Crippen molar-refractivity contribution in [1.82, 2.24) is 25.8 Å². The number of likely N-dealkylation sites (N-methyl/N-ethyl adjacent to an activating group) is 3. The summed E-state index contributed by atoms with van der Waals surface area (Å²) in [5.41, 5.74) is 0. The lowest BCUT2D eigenvalue weighted by atomic mass is 10.4. The molecule has 0 bridgehead atoms. The zero-order valence-electron chi connectivity index (χ0n) is 12.2. The molecule has 0 unspecified atom stereocenters. The lowest BCUT2D eigenvalue weighted by molar-refractivity contribution is 0.128. The van der Waals surface area contributed by atoms with E-state index < -0.39 is 0 Å². The molecule has 0 saturated heterocycles. The second-order valence-corrected chi connectivity index (χ2v) is 4.72. The van der Waals surface area contributed by atoms with Crippen molar-refractivity contribution < 1.29 is 0 Å². The Morgan fingerprint density at radius 2 is 1.24 bits per heavy atom. The third kappa shape index (κ3) is 9.50. The van der Waals surface area contributed by atoms with Gasteiger partial charge < -0.3 is 16.0 Å². The van der Waals surface area contributed by atoms with Gasteiger partial charge in [-0.2, -0.15) is 0 Å². The first-order valence-corrected chi connectivity index (χ1v) is 6.54. The van der Waals surface area contributed by atoms with Gasteiger partial charge in [-0.1, -0.05) is 6.92 Å². The van der Waals surface area contributed by atoms with Crippen LogP contribution in [0.15, 0.2) is 0 Å². The Labute approximate surface area is 107 Å². The van der Waals surface area contributed by atoms with Crippen molar-refractivity contribution >= 4 is 0 Å². The van der Waals surface area contributed by atoms with E-state index >= 15 is 0 Å². The Hall–Kier alpha value is -0.200. The molecule has 0 aliphatic heterocycles. The SMILES string of the molecule is CCNCCNCCNCC(N(C)C)N(C)C. The third-order valence-corrected chi connectivity index (χ3v) is 2.73. The van der Waals surface area contributed by atoms with Crippen LogP contribution in [0.25, 0.3) is 0 Å². The highest BCUT2D eigenvalue weighted by Gasteiger charge is 2.12. The zero-order chi connectivity index (χ0) is 13.1. The molecular formula is C12H31N5. The molecule has 0 amide bonds. The molecule has 0 aliphatic carbocycles. The lowest BCUT2D eigenvalue weighted by Crippen LogP contribution is -2.48. The van der Waals surface area contributed by atoms with E-state index in [9.17, 15) is 0 Å². The minimum atomic E-state index is 0.455. The normalized spacial score (nSPS) is 12.0. The monoisotopic (exact) mass is 245 g/mol. The van der Waals surface area contributed by atoms with Gasteiger partial charge in [0, 0.05) is 32.7 Å². The fraction of sp³-hybridized carbons (Fsp3) is 1.00. The van der Waals surface area contributed by atoms with Crippen LogP contribution in [0, 0.1) is 0 Å². The largest absolute Gasteiger partial charge is 0.316 e. The molecule has 0 radical (unpaired) electrons. The molecule has 0 saturated carbocycles. The van der Waals surface area contributed by atoms with E-state index in [0.29, 0.717) is 6.17 Å². The molecule has 0 aromatic carbocycles. The fourth-order valence-electron chi connectivity index (χ4n) is 1.71. The molecule has 104 valence electrons. The van der Waals surface area contributed by atoms with Crippen LogP contribution in [-0.4, -0.2) is 83.4 Å². The molecule has 5 heteroatoms.